The first-order valence-corrected chi connectivity index (χ1v) is 4.12. The van der Waals surface area contributed by atoms with Crippen LogP contribution in [0.3, 0.4) is 0 Å². The highest BCUT2D eigenvalue weighted by molar-refractivity contribution is 6.31. The van der Waals surface area contributed by atoms with E-state index in [0.29, 0.717) is 16.3 Å². The Morgan fingerprint density at radius 3 is 2.92 bits per heavy atom. The van der Waals surface area contributed by atoms with Crippen molar-refractivity contribution in [3.63, 3.8) is 0 Å². The minimum atomic E-state index is -0.326. The first kappa shape index (κ1) is 9.86. The van der Waals surface area contributed by atoms with Crippen molar-refractivity contribution in [3.05, 3.63) is 28.8 Å². The summed E-state index contributed by atoms with van der Waals surface area (Å²) in [6, 6.07) is 5.01. The van der Waals surface area contributed by atoms with Gasteiger partial charge in [0.15, 0.2) is 0 Å². The fourth-order valence-corrected chi connectivity index (χ4v) is 1.14. The average molecular weight is 200 g/mol. The molecule has 1 rings (SSSR count). The van der Waals surface area contributed by atoms with Crippen LogP contribution in [0.1, 0.15) is 5.56 Å². The van der Waals surface area contributed by atoms with Gasteiger partial charge in [-0.3, -0.25) is 4.79 Å². The van der Waals surface area contributed by atoms with Crippen molar-refractivity contribution in [1.82, 2.24) is 0 Å². The second-order valence-corrected chi connectivity index (χ2v) is 3.01. The van der Waals surface area contributed by atoms with Crippen LogP contribution in [0.5, 0.6) is 0 Å². The summed E-state index contributed by atoms with van der Waals surface area (Å²) in [6.07, 6.45) is 0.153. The van der Waals surface area contributed by atoms with Crippen molar-refractivity contribution in [3.8, 4) is 0 Å². The number of rotatable bonds is 2. The van der Waals surface area contributed by atoms with E-state index in [1.807, 2.05) is 0 Å². The molecule has 3 nitrogen and oxygen atoms in total. The normalized spacial score (nSPS) is 9.69. The molecule has 0 amide bonds. The second-order valence-electron chi connectivity index (χ2n) is 2.60. The van der Waals surface area contributed by atoms with Crippen molar-refractivity contribution in [2.45, 2.75) is 6.42 Å². The van der Waals surface area contributed by atoms with Gasteiger partial charge in [-0.2, -0.15) is 0 Å². The van der Waals surface area contributed by atoms with Crippen molar-refractivity contribution >= 4 is 23.3 Å². The summed E-state index contributed by atoms with van der Waals surface area (Å²) in [5.41, 5.74) is 6.81. The number of benzene rings is 1. The number of carbonyl (C=O) groups is 1. The largest absolute Gasteiger partial charge is 0.469 e. The fraction of sp³-hybridized carbons (Fsp3) is 0.222. The van der Waals surface area contributed by atoms with Gasteiger partial charge >= 0.3 is 5.97 Å². The minimum absolute atomic E-state index is 0.153. The number of anilines is 1. The monoisotopic (exact) mass is 199 g/mol. The maximum Gasteiger partial charge on any atom is 0.310 e. The molecule has 4 heteroatoms. The predicted octanol–water partition coefficient (Wildman–Crippen LogP) is 1.64. The zero-order valence-electron chi connectivity index (χ0n) is 7.21. The summed E-state index contributed by atoms with van der Waals surface area (Å²) in [5, 5.41) is 0.527. The lowest BCUT2D eigenvalue weighted by Crippen LogP contribution is -2.05. The Morgan fingerprint density at radius 2 is 2.31 bits per heavy atom. The van der Waals surface area contributed by atoms with Crippen LogP contribution in [-0.2, 0) is 16.0 Å². The molecule has 0 radical (unpaired) electrons. The van der Waals surface area contributed by atoms with E-state index in [4.69, 9.17) is 17.3 Å². The van der Waals surface area contributed by atoms with Crippen LogP contribution in [0.15, 0.2) is 18.2 Å². The third-order valence-electron chi connectivity index (χ3n) is 1.63. The van der Waals surface area contributed by atoms with E-state index in [1.165, 1.54) is 7.11 Å². The van der Waals surface area contributed by atoms with Gasteiger partial charge in [0.2, 0.25) is 0 Å². The van der Waals surface area contributed by atoms with E-state index >= 15 is 0 Å². The molecule has 0 aromatic heterocycles. The number of ether oxygens (including phenoxy) is 1. The third kappa shape index (κ3) is 2.63. The molecule has 13 heavy (non-hydrogen) atoms. The van der Waals surface area contributed by atoms with Crippen molar-refractivity contribution < 1.29 is 9.53 Å². The van der Waals surface area contributed by atoms with Gasteiger partial charge in [-0.1, -0.05) is 11.6 Å². The lowest BCUT2D eigenvalue weighted by molar-refractivity contribution is -0.139. The summed E-state index contributed by atoms with van der Waals surface area (Å²) >= 11 is 5.83. The van der Waals surface area contributed by atoms with Gasteiger partial charge in [-0.15, -0.1) is 0 Å². The molecule has 1 aromatic rings. The number of methoxy groups -OCH3 is 1. The first-order valence-electron chi connectivity index (χ1n) is 3.74. The van der Waals surface area contributed by atoms with E-state index in [-0.39, 0.29) is 12.4 Å². The highest BCUT2D eigenvalue weighted by Crippen LogP contribution is 2.19. The van der Waals surface area contributed by atoms with Crippen molar-refractivity contribution in [1.29, 1.82) is 0 Å². The Labute approximate surface area is 81.4 Å². The summed E-state index contributed by atoms with van der Waals surface area (Å²) < 4.78 is 4.51. The van der Waals surface area contributed by atoms with Crippen LogP contribution in [-0.4, -0.2) is 13.1 Å². The Kier molecular flexibility index (Phi) is 3.14. The second kappa shape index (κ2) is 4.14. The molecule has 0 heterocycles. The number of hydrogen-bond acceptors (Lipinski definition) is 3. The van der Waals surface area contributed by atoms with E-state index in [0.717, 1.165) is 0 Å². The van der Waals surface area contributed by atoms with Gasteiger partial charge in [0, 0.05) is 10.7 Å². The highest BCUT2D eigenvalue weighted by atomic mass is 35.5. The number of nitrogens with two attached hydrogens (primary N) is 1. The molecule has 0 saturated heterocycles. The molecule has 1 aromatic carbocycles. The smallest absolute Gasteiger partial charge is 0.310 e. The minimum Gasteiger partial charge on any atom is -0.469 e. The molecule has 0 aliphatic rings. The lowest BCUT2D eigenvalue weighted by atomic mass is 10.1. The zero-order chi connectivity index (χ0) is 9.84. The zero-order valence-corrected chi connectivity index (χ0v) is 7.97. The van der Waals surface area contributed by atoms with Crippen molar-refractivity contribution in [2.75, 3.05) is 12.8 Å². The van der Waals surface area contributed by atoms with Gasteiger partial charge in [-0.05, 0) is 23.8 Å². The van der Waals surface area contributed by atoms with Crippen LogP contribution in [0.4, 0.5) is 5.69 Å². The fourth-order valence-electron chi connectivity index (χ4n) is 0.958. The number of nitrogen functional groups attached to an aromatic ring is 1. The quantitative estimate of drug-likeness (QED) is 0.582. The first-order chi connectivity index (χ1) is 6.13. The number of carbonyl (C=O) groups excluding carboxylic acids is 1. The van der Waals surface area contributed by atoms with E-state index in [2.05, 4.69) is 4.74 Å². The standard InChI is InChI=1S/C9H10ClNO2/c1-13-9(12)5-6-4-7(11)2-3-8(6)10/h2-4H,5,11H2,1H3. The van der Waals surface area contributed by atoms with Crippen LogP contribution in [0.25, 0.3) is 0 Å². The Bertz CT molecular complexity index is 325. The molecule has 0 spiro atoms. The number of halogens is 1. The van der Waals surface area contributed by atoms with Gasteiger partial charge in [-0.25, -0.2) is 0 Å². The molecule has 0 fully saturated rings. The number of hydrogen-bond donors (Lipinski definition) is 1. The molecule has 0 aliphatic heterocycles. The van der Waals surface area contributed by atoms with E-state index in [9.17, 15) is 4.79 Å². The van der Waals surface area contributed by atoms with Crippen LogP contribution >= 0.6 is 11.6 Å². The molecule has 70 valence electrons. The van der Waals surface area contributed by atoms with Crippen LogP contribution in [0, 0.1) is 0 Å². The molecule has 0 unspecified atom stereocenters. The van der Waals surface area contributed by atoms with Crippen LogP contribution < -0.4 is 5.73 Å². The molecular formula is C9H10ClNO2. The molecule has 0 aliphatic carbocycles. The number of esters is 1. The highest BCUT2D eigenvalue weighted by Gasteiger charge is 2.06. The third-order valence-corrected chi connectivity index (χ3v) is 2.00. The van der Waals surface area contributed by atoms with Gasteiger partial charge in [0.25, 0.3) is 0 Å². The summed E-state index contributed by atoms with van der Waals surface area (Å²) in [4.78, 5) is 10.9. The van der Waals surface area contributed by atoms with Gasteiger partial charge in [0.1, 0.15) is 0 Å². The SMILES string of the molecule is COC(=O)Cc1cc(N)ccc1Cl. The molecular weight excluding hydrogens is 190 g/mol. The lowest BCUT2D eigenvalue weighted by Gasteiger charge is -2.03. The molecule has 0 saturated carbocycles. The maximum atomic E-state index is 10.9. The maximum absolute atomic E-state index is 10.9. The molecule has 0 atom stereocenters. The average Bonchev–Trinajstić information content (AvgIpc) is 2.11. The Balaban J connectivity index is 2.87. The summed E-state index contributed by atoms with van der Waals surface area (Å²) in [7, 11) is 1.34. The Morgan fingerprint density at radius 1 is 1.62 bits per heavy atom. The molecule has 0 bridgehead atoms. The topological polar surface area (TPSA) is 52.3 Å². The summed E-state index contributed by atoms with van der Waals surface area (Å²) in [5.74, 6) is -0.326. The van der Waals surface area contributed by atoms with Crippen molar-refractivity contribution in [2.24, 2.45) is 0 Å². The van der Waals surface area contributed by atoms with Gasteiger partial charge < -0.3 is 10.5 Å². The summed E-state index contributed by atoms with van der Waals surface area (Å²) in [6.45, 7) is 0. The molecule has 2 N–H and O–H groups in total. The van der Waals surface area contributed by atoms with Gasteiger partial charge in [0.05, 0.1) is 13.5 Å². The predicted molar refractivity (Wildman–Crippen MR) is 51.6 cm³/mol. The van der Waals surface area contributed by atoms with E-state index in [1.54, 1.807) is 18.2 Å². The van der Waals surface area contributed by atoms with E-state index < -0.39 is 0 Å². The van der Waals surface area contributed by atoms with Crippen LogP contribution in [0.2, 0.25) is 5.02 Å². The Hall–Kier alpha value is -1.22.